The zero-order valence-electron chi connectivity index (χ0n) is 8.26. The largest absolute Gasteiger partial charge is 0.490 e. The number of nitrogens with one attached hydrogen (secondary N) is 1. The van der Waals surface area contributed by atoms with Crippen LogP contribution in [0.15, 0.2) is 18.2 Å². The highest BCUT2D eigenvalue weighted by atomic mass is 35.5. The first-order chi connectivity index (χ1) is 6.97. The number of hydrogen-bond acceptors (Lipinski definition) is 2. The summed E-state index contributed by atoms with van der Waals surface area (Å²) in [5.74, 6) is 0.678. The van der Waals surface area contributed by atoms with Crippen molar-refractivity contribution in [2.45, 2.75) is 19.4 Å². The number of benzene rings is 1. The highest BCUT2D eigenvalue weighted by molar-refractivity contribution is 6.34. The summed E-state index contributed by atoms with van der Waals surface area (Å²) in [6.07, 6.45) is 0.210. The summed E-state index contributed by atoms with van der Waals surface area (Å²) in [5, 5.41) is 8.16. The average Bonchev–Trinajstić information content (AvgIpc) is 1.98. The van der Waals surface area contributed by atoms with Crippen LogP contribution in [0.1, 0.15) is 13.3 Å². The van der Waals surface area contributed by atoms with Crippen molar-refractivity contribution in [3.05, 3.63) is 28.2 Å². The van der Waals surface area contributed by atoms with Crippen molar-refractivity contribution < 1.29 is 4.74 Å². The van der Waals surface area contributed by atoms with E-state index in [9.17, 15) is 0 Å². The Labute approximate surface area is 98.6 Å². The molecule has 82 valence electrons. The molecule has 0 fully saturated rings. The second-order valence-corrected chi connectivity index (χ2v) is 4.14. The molecule has 15 heavy (non-hydrogen) atoms. The van der Waals surface area contributed by atoms with Gasteiger partial charge in [0.1, 0.15) is 11.9 Å². The van der Waals surface area contributed by atoms with Crippen LogP contribution < -0.4 is 10.5 Å². The van der Waals surface area contributed by atoms with Crippen LogP contribution in [0.5, 0.6) is 5.75 Å². The highest BCUT2D eigenvalue weighted by Crippen LogP contribution is 2.25. The van der Waals surface area contributed by atoms with E-state index in [1.165, 1.54) is 0 Å². The molecule has 0 amide bonds. The van der Waals surface area contributed by atoms with Crippen molar-refractivity contribution in [2.75, 3.05) is 0 Å². The van der Waals surface area contributed by atoms with Gasteiger partial charge in [-0.15, -0.1) is 0 Å². The van der Waals surface area contributed by atoms with Crippen molar-refractivity contribution in [3.63, 3.8) is 0 Å². The molecule has 0 spiro atoms. The van der Waals surface area contributed by atoms with E-state index in [4.69, 9.17) is 39.1 Å². The van der Waals surface area contributed by atoms with E-state index in [-0.39, 0.29) is 11.9 Å². The second-order valence-electron chi connectivity index (χ2n) is 3.26. The van der Waals surface area contributed by atoms with Gasteiger partial charge in [0.2, 0.25) is 0 Å². The van der Waals surface area contributed by atoms with E-state index >= 15 is 0 Å². The Hall–Kier alpha value is -0.930. The molecule has 0 aromatic heterocycles. The number of amidine groups is 1. The number of halogens is 2. The lowest BCUT2D eigenvalue weighted by atomic mass is 10.2. The molecule has 5 heteroatoms. The molecule has 1 rings (SSSR count). The van der Waals surface area contributed by atoms with Gasteiger partial charge < -0.3 is 10.5 Å². The van der Waals surface area contributed by atoms with Crippen LogP contribution in [-0.2, 0) is 0 Å². The number of hydrogen-bond donors (Lipinski definition) is 2. The van der Waals surface area contributed by atoms with Gasteiger partial charge in [-0.1, -0.05) is 23.2 Å². The fourth-order valence-electron chi connectivity index (χ4n) is 1.18. The summed E-state index contributed by atoms with van der Waals surface area (Å²) >= 11 is 11.6. The van der Waals surface area contributed by atoms with Crippen molar-refractivity contribution in [1.82, 2.24) is 0 Å². The molecule has 0 aliphatic rings. The standard InChI is InChI=1S/C10H12Cl2N2O/c1-6(2-10(13)14)15-9-4-7(11)3-8(12)5-9/h3-6H,2H2,1H3,(H3,13,14). The third-order valence-corrected chi connectivity index (χ3v) is 2.12. The first kappa shape index (κ1) is 12.1. The lowest BCUT2D eigenvalue weighted by Gasteiger charge is -2.14. The molecule has 3 nitrogen and oxygen atoms in total. The highest BCUT2D eigenvalue weighted by Gasteiger charge is 2.06. The minimum atomic E-state index is -0.169. The zero-order chi connectivity index (χ0) is 11.4. The van der Waals surface area contributed by atoms with Gasteiger partial charge in [-0.05, 0) is 25.1 Å². The molecule has 0 saturated heterocycles. The molecule has 0 bridgehead atoms. The van der Waals surface area contributed by atoms with Crippen LogP contribution in [0.4, 0.5) is 0 Å². The maximum atomic E-state index is 7.12. The molecule has 3 N–H and O–H groups in total. The van der Waals surface area contributed by atoms with Crippen LogP contribution in [0.3, 0.4) is 0 Å². The monoisotopic (exact) mass is 246 g/mol. The van der Waals surface area contributed by atoms with Crippen molar-refractivity contribution in [1.29, 1.82) is 5.41 Å². The molecule has 1 aromatic carbocycles. The van der Waals surface area contributed by atoms with E-state index in [0.29, 0.717) is 22.2 Å². The average molecular weight is 247 g/mol. The fraction of sp³-hybridized carbons (Fsp3) is 0.300. The molecule has 1 atom stereocenters. The summed E-state index contributed by atoms with van der Waals surface area (Å²) in [4.78, 5) is 0. The lowest BCUT2D eigenvalue weighted by Crippen LogP contribution is -2.21. The second kappa shape index (κ2) is 5.24. The first-order valence-electron chi connectivity index (χ1n) is 4.43. The Morgan fingerprint density at radius 3 is 2.40 bits per heavy atom. The zero-order valence-corrected chi connectivity index (χ0v) is 9.77. The maximum absolute atomic E-state index is 7.12. The minimum Gasteiger partial charge on any atom is -0.490 e. The number of rotatable bonds is 4. The maximum Gasteiger partial charge on any atom is 0.122 e. The molecular formula is C10H12Cl2N2O. The smallest absolute Gasteiger partial charge is 0.122 e. The van der Waals surface area contributed by atoms with Gasteiger partial charge in [-0.3, -0.25) is 5.41 Å². The van der Waals surface area contributed by atoms with E-state index in [0.717, 1.165) is 0 Å². The Balaban J connectivity index is 2.67. The van der Waals surface area contributed by atoms with E-state index in [1.807, 2.05) is 6.92 Å². The van der Waals surface area contributed by atoms with Gasteiger partial charge in [0.25, 0.3) is 0 Å². The Morgan fingerprint density at radius 1 is 1.40 bits per heavy atom. The fourth-order valence-corrected chi connectivity index (χ4v) is 1.69. The molecule has 1 aromatic rings. The van der Waals surface area contributed by atoms with Gasteiger partial charge >= 0.3 is 0 Å². The lowest BCUT2D eigenvalue weighted by molar-refractivity contribution is 0.229. The number of nitrogens with two attached hydrogens (primary N) is 1. The van der Waals surface area contributed by atoms with E-state index in [2.05, 4.69) is 0 Å². The van der Waals surface area contributed by atoms with Gasteiger partial charge in [-0.2, -0.15) is 0 Å². The minimum absolute atomic E-state index is 0.0932. The van der Waals surface area contributed by atoms with E-state index < -0.39 is 0 Å². The molecule has 1 unspecified atom stereocenters. The summed E-state index contributed by atoms with van der Waals surface area (Å²) in [5.41, 5.74) is 5.26. The molecule has 0 saturated carbocycles. The van der Waals surface area contributed by atoms with Crippen LogP contribution in [0.2, 0.25) is 10.0 Å². The van der Waals surface area contributed by atoms with Crippen molar-refractivity contribution in [3.8, 4) is 5.75 Å². The van der Waals surface area contributed by atoms with Crippen LogP contribution in [0, 0.1) is 5.41 Å². The van der Waals surface area contributed by atoms with Crippen LogP contribution >= 0.6 is 23.2 Å². The molecule has 0 radical (unpaired) electrons. The molecular weight excluding hydrogens is 235 g/mol. The van der Waals surface area contributed by atoms with Gasteiger partial charge in [0, 0.05) is 16.5 Å². The summed E-state index contributed by atoms with van der Waals surface area (Å²) in [6.45, 7) is 1.83. The van der Waals surface area contributed by atoms with Crippen LogP contribution in [0.25, 0.3) is 0 Å². The van der Waals surface area contributed by atoms with Gasteiger partial charge in [-0.25, -0.2) is 0 Å². The Bertz CT molecular complexity index is 348. The quantitative estimate of drug-likeness (QED) is 0.634. The SMILES string of the molecule is CC(CC(=N)N)Oc1cc(Cl)cc(Cl)c1. The predicted octanol–water partition coefficient (Wildman–Crippen LogP) is 3.09. The predicted molar refractivity (Wildman–Crippen MR) is 63.1 cm³/mol. The summed E-state index contributed by atoms with van der Waals surface area (Å²) in [6, 6.07) is 4.97. The van der Waals surface area contributed by atoms with E-state index in [1.54, 1.807) is 18.2 Å². The topological polar surface area (TPSA) is 59.1 Å². The Morgan fingerprint density at radius 2 is 1.93 bits per heavy atom. The molecule has 0 aliphatic carbocycles. The third kappa shape index (κ3) is 4.40. The van der Waals surface area contributed by atoms with Crippen molar-refractivity contribution >= 4 is 29.0 Å². The van der Waals surface area contributed by atoms with Crippen molar-refractivity contribution in [2.24, 2.45) is 5.73 Å². The first-order valence-corrected chi connectivity index (χ1v) is 5.18. The van der Waals surface area contributed by atoms with Crippen LogP contribution in [-0.4, -0.2) is 11.9 Å². The van der Waals surface area contributed by atoms with Gasteiger partial charge in [0.05, 0.1) is 5.84 Å². The van der Waals surface area contributed by atoms with Gasteiger partial charge in [0.15, 0.2) is 0 Å². The molecule has 0 aliphatic heterocycles. The molecule has 0 heterocycles. The number of ether oxygens (including phenoxy) is 1. The Kier molecular flexibility index (Phi) is 4.24. The normalized spacial score (nSPS) is 12.2. The summed E-state index contributed by atoms with van der Waals surface area (Å²) < 4.78 is 5.50. The third-order valence-electron chi connectivity index (χ3n) is 1.68. The summed E-state index contributed by atoms with van der Waals surface area (Å²) in [7, 11) is 0.